The SMILES string of the molecule is Cc1nc(C)c(-c2nnc(SCC(=O)c3ccc(C(C)C)cc3C(C)C)o2)s1. The number of thioether (sulfide) groups is 1. The van der Waals surface area contributed by atoms with Crippen LogP contribution in [0.1, 0.15) is 71.7 Å². The van der Waals surface area contributed by atoms with Crippen molar-refractivity contribution >= 4 is 28.9 Å². The first-order chi connectivity index (χ1) is 13.3. The smallest absolute Gasteiger partial charge is 0.277 e. The molecule has 0 aliphatic rings. The fourth-order valence-electron chi connectivity index (χ4n) is 2.97. The third kappa shape index (κ3) is 4.52. The molecule has 1 aromatic carbocycles. The van der Waals surface area contributed by atoms with Gasteiger partial charge in [0, 0.05) is 5.56 Å². The van der Waals surface area contributed by atoms with Crippen LogP contribution in [0.2, 0.25) is 0 Å². The van der Waals surface area contributed by atoms with Crippen molar-refractivity contribution < 1.29 is 9.21 Å². The summed E-state index contributed by atoms with van der Waals surface area (Å²) in [6, 6.07) is 6.16. The van der Waals surface area contributed by atoms with E-state index in [1.54, 1.807) is 0 Å². The summed E-state index contributed by atoms with van der Waals surface area (Å²) in [6.07, 6.45) is 0. The monoisotopic (exact) mass is 415 g/mol. The van der Waals surface area contributed by atoms with Crippen LogP contribution in [0, 0.1) is 13.8 Å². The van der Waals surface area contributed by atoms with Crippen LogP contribution in [0.25, 0.3) is 10.8 Å². The van der Waals surface area contributed by atoms with Crippen LogP contribution in [0.5, 0.6) is 0 Å². The minimum absolute atomic E-state index is 0.0774. The molecule has 28 heavy (non-hydrogen) atoms. The first-order valence-electron chi connectivity index (χ1n) is 9.34. The van der Waals surface area contributed by atoms with Gasteiger partial charge in [0.1, 0.15) is 4.88 Å². The minimum atomic E-state index is 0.0774. The second-order valence-electron chi connectivity index (χ2n) is 7.39. The number of carbonyl (C=O) groups excluding carboxylic acids is 1. The highest BCUT2D eigenvalue weighted by atomic mass is 32.2. The lowest BCUT2D eigenvalue weighted by Crippen LogP contribution is -2.08. The third-order valence-corrected chi connectivity index (χ3v) is 6.37. The van der Waals surface area contributed by atoms with E-state index in [4.69, 9.17) is 4.42 Å². The molecule has 0 saturated carbocycles. The molecule has 0 aliphatic carbocycles. The highest BCUT2D eigenvalue weighted by Gasteiger charge is 2.19. The minimum Gasteiger partial charge on any atom is -0.410 e. The van der Waals surface area contributed by atoms with Crippen LogP contribution in [-0.4, -0.2) is 26.7 Å². The Hall–Kier alpha value is -1.99. The highest BCUT2D eigenvalue weighted by Crippen LogP contribution is 2.31. The summed E-state index contributed by atoms with van der Waals surface area (Å²) >= 11 is 2.80. The van der Waals surface area contributed by atoms with Gasteiger partial charge in [-0.1, -0.05) is 57.7 Å². The van der Waals surface area contributed by atoms with Crippen molar-refractivity contribution in [2.24, 2.45) is 0 Å². The molecule has 0 fully saturated rings. The number of ketones is 1. The van der Waals surface area contributed by atoms with Gasteiger partial charge in [-0.15, -0.1) is 21.5 Å². The van der Waals surface area contributed by atoms with E-state index in [1.807, 2.05) is 26.0 Å². The Morgan fingerprint density at radius 3 is 2.50 bits per heavy atom. The summed E-state index contributed by atoms with van der Waals surface area (Å²) in [6.45, 7) is 12.4. The molecule has 0 bridgehead atoms. The molecule has 0 atom stereocenters. The van der Waals surface area contributed by atoms with Crippen molar-refractivity contribution in [3.05, 3.63) is 45.6 Å². The Bertz CT molecular complexity index is 989. The molecule has 0 N–H and O–H groups in total. The third-order valence-electron chi connectivity index (χ3n) is 4.50. The lowest BCUT2D eigenvalue weighted by molar-refractivity contribution is 0.102. The van der Waals surface area contributed by atoms with E-state index in [-0.39, 0.29) is 17.5 Å². The van der Waals surface area contributed by atoms with Crippen LogP contribution >= 0.6 is 23.1 Å². The Morgan fingerprint density at radius 2 is 1.89 bits per heavy atom. The fourth-order valence-corrected chi connectivity index (χ4v) is 4.45. The maximum Gasteiger partial charge on any atom is 0.277 e. The Morgan fingerprint density at radius 1 is 1.14 bits per heavy atom. The average molecular weight is 416 g/mol. The Balaban J connectivity index is 1.73. The lowest BCUT2D eigenvalue weighted by atomic mass is 9.90. The van der Waals surface area contributed by atoms with Crippen molar-refractivity contribution in [2.75, 3.05) is 5.75 Å². The molecule has 2 heterocycles. The Labute approximate surface area is 174 Å². The molecule has 0 aliphatic heterocycles. The highest BCUT2D eigenvalue weighted by molar-refractivity contribution is 7.99. The maximum absolute atomic E-state index is 12.8. The van der Waals surface area contributed by atoms with Crippen molar-refractivity contribution in [1.82, 2.24) is 15.2 Å². The molecule has 0 saturated heterocycles. The molecular weight excluding hydrogens is 390 g/mol. The molecule has 7 heteroatoms. The standard InChI is InChI=1S/C21H25N3O2S2/c1-11(2)15-7-8-16(17(9-15)12(3)4)18(25)10-27-21-24-23-20(26-21)19-13(5)22-14(6)28-19/h7-9,11-12H,10H2,1-6H3. The van der Waals surface area contributed by atoms with Gasteiger partial charge in [0.05, 0.1) is 16.5 Å². The number of hydrogen-bond donors (Lipinski definition) is 0. The molecule has 3 aromatic rings. The summed E-state index contributed by atoms with van der Waals surface area (Å²) in [5, 5.41) is 9.55. The van der Waals surface area contributed by atoms with Crippen LogP contribution in [0.15, 0.2) is 27.8 Å². The van der Waals surface area contributed by atoms with Crippen molar-refractivity contribution in [2.45, 2.75) is 58.6 Å². The van der Waals surface area contributed by atoms with E-state index in [9.17, 15) is 4.79 Å². The first kappa shape index (κ1) is 20.7. The van der Waals surface area contributed by atoms with Crippen LogP contribution in [0.3, 0.4) is 0 Å². The second kappa shape index (κ2) is 8.57. The van der Waals surface area contributed by atoms with E-state index in [0.717, 1.165) is 26.7 Å². The number of Topliss-reactive ketones (excluding diaryl/α,β-unsaturated/α-hetero) is 1. The zero-order valence-corrected chi connectivity index (χ0v) is 18.7. The zero-order chi connectivity index (χ0) is 20.4. The van der Waals surface area contributed by atoms with Crippen molar-refractivity contribution in [3.8, 4) is 10.8 Å². The molecule has 2 aromatic heterocycles. The van der Waals surface area contributed by atoms with E-state index in [2.05, 4.69) is 48.9 Å². The number of thiazole rings is 1. The summed E-state index contributed by atoms with van der Waals surface area (Å²) in [5.41, 5.74) is 4.01. The molecule has 0 spiro atoms. The molecule has 0 radical (unpaired) electrons. The van der Waals surface area contributed by atoms with Gasteiger partial charge in [-0.2, -0.15) is 0 Å². The number of aromatic nitrogens is 3. The molecule has 0 unspecified atom stereocenters. The van der Waals surface area contributed by atoms with Gasteiger partial charge in [0.15, 0.2) is 5.78 Å². The topological polar surface area (TPSA) is 68.9 Å². The number of rotatable bonds is 7. The van der Waals surface area contributed by atoms with E-state index in [1.165, 1.54) is 28.7 Å². The van der Waals surface area contributed by atoms with E-state index >= 15 is 0 Å². The average Bonchev–Trinajstić information content (AvgIpc) is 3.24. The number of hydrogen-bond acceptors (Lipinski definition) is 7. The van der Waals surface area contributed by atoms with E-state index < -0.39 is 0 Å². The summed E-state index contributed by atoms with van der Waals surface area (Å²) in [7, 11) is 0. The summed E-state index contributed by atoms with van der Waals surface area (Å²) in [5.74, 6) is 1.53. The van der Waals surface area contributed by atoms with Gasteiger partial charge in [0.2, 0.25) is 0 Å². The van der Waals surface area contributed by atoms with Crippen molar-refractivity contribution in [1.29, 1.82) is 0 Å². The normalized spacial score (nSPS) is 11.6. The fraction of sp³-hybridized carbons (Fsp3) is 0.429. The summed E-state index contributed by atoms with van der Waals surface area (Å²) < 4.78 is 5.74. The predicted octanol–water partition coefficient (Wildman–Crippen LogP) is 6.03. The van der Waals surface area contributed by atoms with Crippen LogP contribution in [0.4, 0.5) is 0 Å². The second-order valence-corrected chi connectivity index (χ2v) is 9.52. The molecule has 148 valence electrons. The van der Waals surface area contributed by atoms with Gasteiger partial charge in [-0.25, -0.2) is 4.98 Å². The predicted molar refractivity (Wildman–Crippen MR) is 115 cm³/mol. The van der Waals surface area contributed by atoms with Gasteiger partial charge < -0.3 is 4.42 Å². The number of aryl methyl sites for hydroxylation is 2. The quantitative estimate of drug-likeness (QED) is 0.346. The lowest BCUT2D eigenvalue weighted by Gasteiger charge is -2.15. The van der Waals surface area contributed by atoms with Crippen molar-refractivity contribution in [3.63, 3.8) is 0 Å². The summed E-state index contributed by atoms with van der Waals surface area (Å²) in [4.78, 5) is 18.1. The molecule has 0 amide bonds. The van der Waals surface area contributed by atoms with Gasteiger partial charge in [-0.3, -0.25) is 4.79 Å². The molecular formula is C21H25N3O2S2. The zero-order valence-electron chi connectivity index (χ0n) is 17.1. The maximum atomic E-state index is 12.8. The number of benzene rings is 1. The van der Waals surface area contributed by atoms with Gasteiger partial charge >= 0.3 is 0 Å². The largest absolute Gasteiger partial charge is 0.410 e. The van der Waals surface area contributed by atoms with Gasteiger partial charge in [-0.05, 0) is 36.8 Å². The van der Waals surface area contributed by atoms with Crippen LogP contribution < -0.4 is 0 Å². The Kier molecular flexibility index (Phi) is 6.35. The number of carbonyl (C=O) groups is 1. The van der Waals surface area contributed by atoms with E-state index in [0.29, 0.717) is 17.0 Å². The van der Waals surface area contributed by atoms with Crippen LogP contribution in [-0.2, 0) is 0 Å². The van der Waals surface area contributed by atoms with Gasteiger partial charge in [0.25, 0.3) is 11.1 Å². The molecule has 3 rings (SSSR count). The molecule has 5 nitrogen and oxygen atoms in total. The first-order valence-corrected chi connectivity index (χ1v) is 11.1. The number of nitrogens with zero attached hydrogens (tertiary/aromatic N) is 3.